The highest BCUT2D eigenvalue weighted by molar-refractivity contribution is 9.10. The molecule has 6 nitrogen and oxygen atoms in total. The van der Waals surface area contributed by atoms with Crippen LogP contribution in [0.3, 0.4) is 0 Å². The molecule has 0 unspecified atom stereocenters. The van der Waals surface area contributed by atoms with Crippen molar-refractivity contribution < 1.29 is 14.3 Å². The number of carbonyl (C=O) groups excluding carboxylic acids is 2. The number of rotatable bonds is 6. The van der Waals surface area contributed by atoms with Crippen molar-refractivity contribution in [2.75, 3.05) is 31.6 Å². The summed E-state index contributed by atoms with van der Waals surface area (Å²) in [7, 11) is 0. The second-order valence-corrected chi connectivity index (χ2v) is 7.03. The van der Waals surface area contributed by atoms with Gasteiger partial charge >= 0.3 is 0 Å². The lowest BCUT2D eigenvalue weighted by Gasteiger charge is -2.34. The highest BCUT2D eigenvalue weighted by atomic mass is 79.9. The van der Waals surface area contributed by atoms with Crippen LogP contribution in [0.15, 0.2) is 22.7 Å². The van der Waals surface area contributed by atoms with Gasteiger partial charge in [0.2, 0.25) is 11.8 Å². The van der Waals surface area contributed by atoms with Crippen molar-refractivity contribution in [2.24, 2.45) is 11.1 Å². The maximum absolute atomic E-state index is 12.4. The molecular weight excluding hydrogens is 410 g/mol. The molecule has 0 atom stereocenters. The maximum Gasteiger partial charge on any atom is 0.227 e. The largest absolute Gasteiger partial charge is 0.381 e. The van der Waals surface area contributed by atoms with Crippen LogP contribution in [0.5, 0.6) is 0 Å². The van der Waals surface area contributed by atoms with E-state index in [4.69, 9.17) is 10.5 Å². The van der Waals surface area contributed by atoms with E-state index in [2.05, 4.69) is 26.6 Å². The third-order valence-corrected chi connectivity index (χ3v) is 4.92. The number of hydrogen-bond donors (Lipinski definition) is 3. The van der Waals surface area contributed by atoms with Crippen molar-refractivity contribution in [3.63, 3.8) is 0 Å². The first kappa shape index (κ1) is 21.9. The molecule has 0 radical (unpaired) electrons. The summed E-state index contributed by atoms with van der Waals surface area (Å²) in [5.41, 5.74) is 7.00. The van der Waals surface area contributed by atoms with Crippen LogP contribution in [0.1, 0.15) is 24.8 Å². The lowest BCUT2D eigenvalue weighted by atomic mass is 9.79. The Morgan fingerprint density at radius 3 is 2.60 bits per heavy atom. The monoisotopic (exact) mass is 433 g/mol. The summed E-state index contributed by atoms with van der Waals surface area (Å²) in [5, 5.41) is 5.70. The van der Waals surface area contributed by atoms with E-state index in [0.29, 0.717) is 39.1 Å². The summed E-state index contributed by atoms with van der Waals surface area (Å²) in [6.45, 7) is 3.62. The van der Waals surface area contributed by atoms with Gasteiger partial charge < -0.3 is 21.1 Å². The van der Waals surface area contributed by atoms with E-state index < -0.39 is 5.41 Å². The molecule has 1 aliphatic rings. The average molecular weight is 435 g/mol. The number of anilines is 1. The number of hydrogen-bond acceptors (Lipinski definition) is 4. The quantitative estimate of drug-likeness (QED) is 0.641. The summed E-state index contributed by atoms with van der Waals surface area (Å²) in [6, 6.07) is 5.66. The van der Waals surface area contributed by atoms with E-state index in [1.54, 1.807) is 0 Å². The van der Waals surface area contributed by atoms with Crippen molar-refractivity contribution in [1.29, 1.82) is 0 Å². The molecular formula is C17H25BrClN3O3. The number of aryl methyl sites for hydroxylation is 1. The second kappa shape index (κ2) is 10.1. The summed E-state index contributed by atoms with van der Waals surface area (Å²) in [4.78, 5) is 24.4. The summed E-state index contributed by atoms with van der Waals surface area (Å²) in [5.74, 6) is -0.213. The Balaban J connectivity index is 0.00000312. The number of halogens is 2. The molecule has 2 amide bonds. The summed E-state index contributed by atoms with van der Waals surface area (Å²) in [6.07, 6.45) is 1.47. The number of benzene rings is 1. The van der Waals surface area contributed by atoms with Gasteiger partial charge in [-0.05, 0) is 43.5 Å². The van der Waals surface area contributed by atoms with Crippen molar-refractivity contribution in [2.45, 2.75) is 26.2 Å². The molecule has 1 fully saturated rings. The van der Waals surface area contributed by atoms with E-state index >= 15 is 0 Å². The average Bonchev–Trinajstić information content (AvgIpc) is 2.58. The first-order chi connectivity index (χ1) is 11.5. The Morgan fingerprint density at radius 1 is 1.32 bits per heavy atom. The van der Waals surface area contributed by atoms with Gasteiger partial charge in [0.15, 0.2) is 0 Å². The molecule has 0 bridgehead atoms. The van der Waals surface area contributed by atoms with Gasteiger partial charge in [-0.3, -0.25) is 9.59 Å². The lowest BCUT2D eigenvalue weighted by Crippen LogP contribution is -2.49. The highest BCUT2D eigenvalue weighted by Crippen LogP contribution is 2.29. The molecule has 1 heterocycles. The Kier molecular flexibility index (Phi) is 8.85. The van der Waals surface area contributed by atoms with Gasteiger partial charge in [0.1, 0.15) is 0 Å². The molecule has 8 heteroatoms. The molecule has 0 spiro atoms. The van der Waals surface area contributed by atoms with Crippen LogP contribution in [-0.4, -0.2) is 38.1 Å². The first-order valence-corrected chi connectivity index (χ1v) is 8.88. The zero-order valence-corrected chi connectivity index (χ0v) is 16.7. The standard InChI is InChI=1S/C17H24BrN3O3.ClH/c1-12-10-13(18)2-3-14(12)21-15(22)4-7-20-16(23)17(11-19)5-8-24-9-6-17;/h2-3,10H,4-9,11,19H2,1H3,(H,20,23)(H,21,22);1H. The van der Waals surface area contributed by atoms with Crippen LogP contribution in [0.4, 0.5) is 5.69 Å². The van der Waals surface area contributed by atoms with E-state index in [1.807, 2.05) is 25.1 Å². The van der Waals surface area contributed by atoms with Gasteiger partial charge in [0, 0.05) is 42.9 Å². The molecule has 1 saturated heterocycles. The minimum absolute atomic E-state index is 0. The third kappa shape index (κ3) is 5.95. The fourth-order valence-electron chi connectivity index (χ4n) is 2.74. The SMILES string of the molecule is Cc1cc(Br)ccc1NC(=O)CCNC(=O)C1(CN)CCOCC1.Cl. The Hall–Kier alpha value is -1.15. The topological polar surface area (TPSA) is 93.5 Å². The molecule has 2 rings (SSSR count). The third-order valence-electron chi connectivity index (χ3n) is 4.42. The summed E-state index contributed by atoms with van der Waals surface area (Å²) >= 11 is 3.39. The molecule has 0 aromatic heterocycles. The number of ether oxygens (including phenoxy) is 1. The predicted molar refractivity (Wildman–Crippen MR) is 104 cm³/mol. The number of nitrogens with one attached hydrogen (secondary N) is 2. The maximum atomic E-state index is 12.4. The molecule has 25 heavy (non-hydrogen) atoms. The smallest absolute Gasteiger partial charge is 0.227 e. The van der Waals surface area contributed by atoms with Crippen molar-refractivity contribution in [3.05, 3.63) is 28.2 Å². The fraction of sp³-hybridized carbons (Fsp3) is 0.529. The molecule has 1 aromatic carbocycles. The predicted octanol–water partition coefficient (Wildman–Crippen LogP) is 2.38. The molecule has 1 aliphatic heterocycles. The highest BCUT2D eigenvalue weighted by Gasteiger charge is 2.38. The Bertz CT molecular complexity index is 607. The van der Waals surface area contributed by atoms with Gasteiger partial charge in [-0.15, -0.1) is 12.4 Å². The number of nitrogens with two attached hydrogens (primary N) is 1. The zero-order chi connectivity index (χ0) is 17.6. The van der Waals surface area contributed by atoms with Crippen molar-refractivity contribution in [3.8, 4) is 0 Å². The van der Waals surface area contributed by atoms with Gasteiger partial charge in [0.25, 0.3) is 0 Å². The first-order valence-electron chi connectivity index (χ1n) is 8.09. The van der Waals surface area contributed by atoms with Crippen molar-refractivity contribution in [1.82, 2.24) is 5.32 Å². The lowest BCUT2D eigenvalue weighted by molar-refractivity contribution is -0.135. The Morgan fingerprint density at radius 2 is 2.00 bits per heavy atom. The number of carbonyl (C=O) groups is 2. The van der Waals surface area contributed by atoms with E-state index in [1.165, 1.54) is 0 Å². The van der Waals surface area contributed by atoms with Gasteiger partial charge in [-0.1, -0.05) is 15.9 Å². The molecule has 0 aliphatic carbocycles. The minimum Gasteiger partial charge on any atom is -0.381 e. The van der Waals surface area contributed by atoms with Crippen LogP contribution >= 0.6 is 28.3 Å². The van der Waals surface area contributed by atoms with Crippen LogP contribution in [0.2, 0.25) is 0 Å². The van der Waals surface area contributed by atoms with Gasteiger partial charge in [0.05, 0.1) is 5.41 Å². The molecule has 140 valence electrons. The Labute approximate surface area is 162 Å². The van der Waals surface area contributed by atoms with Crippen LogP contribution in [0.25, 0.3) is 0 Å². The zero-order valence-electron chi connectivity index (χ0n) is 14.3. The molecule has 0 saturated carbocycles. The van der Waals surface area contributed by atoms with Gasteiger partial charge in [-0.25, -0.2) is 0 Å². The second-order valence-electron chi connectivity index (χ2n) is 6.11. The van der Waals surface area contributed by atoms with E-state index in [0.717, 1.165) is 15.7 Å². The van der Waals surface area contributed by atoms with Crippen LogP contribution in [-0.2, 0) is 14.3 Å². The van der Waals surface area contributed by atoms with Crippen LogP contribution < -0.4 is 16.4 Å². The van der Waals surface area contributed by atoms with Crippen molar-refractivity contribution >= 4 is 45.8 Å². The fourth-order valence-corrected chi connectivity index (χ4v) is 3.22. The minimum atomic E-state index is -0.559. The summed E-state index contributed by atoms with van der Waals surface area (Å²) < 4.78 is 6.27. The molecule has 4 N–H and O–H groups in total. The normalized spacial score (nSPS) is 15.8. The van der Waals surface area contributed by atoms with E-state index in [9.17, 15) is 9.59 Å². The van der Waals surface area contributed by atoms with Crippen LogP contribution in [0, 0.1) is 12.3 Å². The van der Waals surface area contributed by atoms with Gasteiger partial charge in [-0.2, -0.15) is 0 Å². The number of amides is 2. The molecule has 1 aromatic rings. The van der Waals surface area contributed by atoms with E-state index in [-0.39, 0.29) is 30.6 Å².